The minimum atomic E-state index is 0.488. The fourth-order valence-corrected chi connectivity index (χ4v) is 2.01. The molecule has 0 N–H and O–H groups in total. The zero-order chi connectivity index (χ0) is 11.2. The third-order valence-electron chi connectivity index (χ3n) is 2.98. The van der Waals surface area contributed by atoms with Crippen molar-refractivity contribution >= 4 is 0 Å². The molecular formula is C14H20O2. The van der Waals surface area contributed by atoms with Crippen LogP contribution < -0.4 is 4.74 Å². The van der Waals surface area contributed by atoms with Gasteiger partial charge >= 0.3 is 0 Å². The van der Waals surface area contributed by atoms with Crippen molar-refractivity contribution in [1.29, 1.82) is 0 Å². The second kappa shape index (κ2) is 5.90. The van der Waals surface area contributed by atoms with E-state index >= 15 is 0 Å². The van der Waals surface area contributed by atoms with Gasteiger partial charge in [-0.15, -0.1) is 0 Å². The number of aryl methyl sites for hydroxylation is 1. The van der Waals surface area contributed by atoms with E-state index in [-0.39, 0.29) is 0 Å². The summed E-state index contributed by atoms with van der Waals surface area (Å²) in [5, 5.41) is 0. The summed E-state index contributed by atoms with van der Waals surface area (Å²) < 4.78 is 11.2. The normalized spacial score (nSPS) is 19.9. The lowest BCUT2D eigenvalue weighted by molar-refractivity contribution is 0.0981. The number of ether oxygens (including phenoxy) is 2. The van der Waals surface area contributed by atoms with Crippen LogP contribution in [0.5, 0.6) is 5.75 Å². The Kier molecular flexibility index (Phi) is 4.23. The van der Waals surface area contributed by atoms with Crippen LogP contribution in [0.3, 0.4) is 0 Å². The Labute approximate surface area is 97.6 Å². The zero-order valence-corrected chi connectivity index (χ0v) is 9.95. The lowest BCUT2D eigenvalue weighted by Crippen LogP contribution is -2.07. The van der Waals surface area contributed by atoms with Crippen LogP contribution >= 0.6 is 0 Å². The second-order valence-corrected chi connectivity index (χ2v) is 4.44. The fraction of sp³-hybridized carbons (Fsp3) is 0.571. The van der Waals surface area contributed by atoms with Crippen molar-refractivity contribution in [3.63, 3.8) is 0 Å². The fourth-order valence-electron chi connectivity index (χ4n) is 2.01. The highest BCUT2D eigenvalue weighted by Crippen LogP contribution is 2.17. The largest absolute Gasteiger partial charge is 0.494 e. The molecule has 1 heterocycles. The van der Waals surface area contributed by atoms with E-state index in [0.29, 0.717) is 6.10 Å². The van der Waals surface area contributed by atoms with Crippen molar-refractivity contribution in [2.24, 2.45) is 0 Å². The van der Waals surface area contributed by atoms with Crippen LogP contribution in [0, 0.1) is 6.92 Å². The van der Waals surface area contributed by atoms with Gasteiger partial charge in [0.2, 0.25) is 0 Å². The molecule has 2 rings (SSSR count). The Morgan fingerprint density at radius 1 is 1.31 bits per heavy atom. The lowest BCUT2D eigenvalue weighted by Gasteiger charge is -2.10. The molecule has 16 heavy (non-hydrogen) atoms. The van der Waals surface area contributed by atoms with E-state index in [2.05, 4.69) is 19.1 Å². The highest BCUT2D eigenvalue weighted by Gasteiger charge is 2.14. The third kappa shape index (κ3) is 3.53. The van der Waals surface area contributed by atoms with Crippen molar-refractivity contribution in [3.8, 4) is 5.75 Å². The first-order chi connectivity index (χ1) is 7.84. The summed E-state index contributed by atoms with van der Waals surface area (Å²) in [4.78, 5) is 0. The van der Waals surface area contributed by atoms with E-state index < -0.39 is 0 Å². The summed E-state index contributed by atoms with van der Waals surface area (Å²) in [5.74, 6) is 0.970. The molecule has 1 saturated heterocycles. The Morgan fingerprint density at radius 2 is 2.12 bits per heavy atom. The van der Waals surface area contributed by atoms with Gasteiger partial charge in [0, 0.05) is 6.61 Å². The molecule has 1 aliphatic rings. The number of hydrogen-bond donors (Lipinski definition) is 0. The Bertz CT molecular complexity index is 299. The van der Waals surface area contributed by atoms with Gasteiger partial charge in [-0.3, -0.25) is 0 Å². The molecule has 1 aromatic carbocycles. The van der Waals surface area contributed by atoms with Crippen LogP contribution in [-0.4, -0.2) is 19.3 Å². The summed E-state index contributed by atoms with van der Waals surface area (Å²) in [6, 6.07) is 8.22. The average molecular weight is 220 g/mol. The van der Waals surface area contributed by atoms with Crippen LogP contribution in [0.4, 0.5) is 0 Å². The topological polar surface area (TPSA) is 18.5 Å². The second-order valence-electron chi connectivity index (χ2n) is 4.44. The van der Waals surface area contributed by atoms with Crippen LogP contribution in [0.15, 0.2) is 24.3 Å². The van der Waals surface area contributed by atoms with Crippen LogP contribution in [0.2, 0.25) is 0 Å². The molecule has 1 fully saturated rings. The van der Waals surface area contributed by atoms with E-state index in [1.807, 2.05) is 12.1 Å². The molecule has 0 saturated carbocycles. The van der Waals surface area contributed by atoms with Crippen LogP contribution in [0.25, 0.3) is 0 Å². The molecule has 2 heteroatoms. The number of benzene rings is 1. The first-order valence-electron chi connectivity index (χ1n) is 6.16. The highest BCUT2D eigenvalue weighted by atomic mass is 16.5. The standard InChI is InChI=1S/C14H20O2/c1-12-6-8-14(9-7-12)16-11-3-5-13-4-2-10-15-13/h6-9,13H,2-5,10-11H2,1H3. The number of rotatable bonds is 5. The molecular weight excluding hydrogens is 200 g/mol. The molecule has 0 aromatic heterocycles. The lowest BCUT2D eigenvalue weighted by atomic mass is 10.1. The zero-order valence-electron chi connectivity index (χ0n) is 9.95. The summed E-state index contributed by atoms with van der Waals surface area (Å²) in [5.41, 5.74) is 1.27. The van der Waals surface area contributed by atoms with Crippen LogP contribution in [0.1, 0.15) is 31.2 Å². The van der Waals surface area contributed by atoms with Crippen molar-refractivity contribution in [2.45, 2.75) is 38.7 Å². The molecule has 1 atom stereocenters. The summed E-state index contributed by atoms with van der Waals surface area (Å²) in [6.07, 6.45) is 5.15. The molecule has 0 bridgehead atoms. The average Bonchev–Trinajstić information content (AvgIpc) is 2.80. The molecule has 0 radical (unpaired) electrons. The van der Waals surface area contributed by atoms with E-state index in [1.165, 1.54) is 18.4 Å². The predicted octanol–water partition coefficient (Wildman–Crippen LogP) is 3.33. The van der Waals surface area contributed by atoms with Gasteiger partial charge in [0.1, 0.15) is 5.75 Å². The highest BCUT2D eigenvalue weighted by molar-refractivity contribution is 5.26. The summed E-state index contributed by atoms with van der Waals surface area (Å²) in [6.45, 7) is 3.83. The molecule has 0 amide bonds. The maximum Gasteiger partial charge on any atom is 0.119 e. The monoisotopic (exact) mass is 220 g/mol. The van der Waals surface area contributed by atoms with Gasteiger partial charge in [-0.2, -0.15) is 0 Å². The molecule has 2 nitrogen and oxygen atoms in total. The quantitative estimate of drug-likeness (QED) is 0.709. The molecule has 0 spiro atoms. The Balaban J connectivity index is 1.62. The van der Waals surface area contributed by atoms with E-state index in [9.17, 15) is 0 Å². The minimum Gasteiger partial charge on any atom is -0.494 e. The van der Waals surface area contributed by atoms with E-state index in [1.54, 1.807) is 0 Å². The van der Waals surface area contributed by atoms with Gasteiger partial charge in [0.25, 0.3) is 0 Å². The van der Waals surface area contributed by atoms with Gasteiger partial charge in [-0.25, -0.2) is 0 Å². The number of hydrogen-bond acceptors (Lipinski definition) is 2. The predicted molar refractivity (Wildman–Crippen MR) is 64.9 cm³/mol. The first kappa shape index (κ1) is 11.5. The van der Waals surface area contributed by atoms with Crippen molar-refractivity contribution in [1.82, 2.24) is 0 Å². The van der Waals surface area contributed by atoms with E-state index in [0.717, 1.165) is 31.8 Å². The maximum absolute atomic E-state index is 5.67. The molecule has 88 valence electrons. The maximum atomic E-state index is 5.67. The van der Waals surface area contributed by atoms with Crippen molar-refractivity contribution in [2.75, 3.05) is 13.2 Å². The molecule has 0 aliphatic carbocycles. The van der Waals surface area contributed by atoms with Gasteiger partial charge in [0.05, 0.1) is 12.7 Å². The SMILES string of the molecule is Cc1ccc(OCCCC2CCCO2)cc1. The van der Waals surface area contributed by atoms with Gasteiger partial charge in [-0.1, -0.05) is 17.7 Å². The first-order valence-corrected chi connectivity index (χ1v) is 6.16. The van der Waals surface area contributed by atoms with Crippen LogP contribution in [-0.2, 0) is 4.74 Å². The summed E-state index contributed by atoms with van der Waals surface area (Å²) in [7, 11) is 0. The van der Waals surface area contributed by atoms with Gasteiger partial charge in [-0.05, 0) is 44.7 Å². The summed E-state index contributed by atoms with van der Waals surface area (Å²) >= 11 is 0. The molecule has 1 aromatic rings. The third-order valence-corrected chi connectivity index (χ3v) is 2.98. The smallest absolute Gasteiger partial charge is 0.119 e. The Hall–Kier alpha value is -1.02. The van der Waals surface area contributed by atoms with Gasteiger partial charge < -0.3 is 9.47 Å². The van der Waals surface area contributed by atoms with Crippen molar-refractivity contribution < 1.29 is 9.47 Å². The van der Waals surface area contributed by atoms with Crippen molar-refractivity contribution in [3.05, 3.63) is 29.8 Å². The minimum absolute atomic E-state index is 0.488. The van der Waals surface area contributed by atoms with Gasteiger partial charge in [0.15, 0.2) is 0 Å². The Morgan fingerprint density at radius 3 is 2.81 bits per heavy atom. The molecule has 1 unspecified atom stereocenters. The van der Waals surface area contributed by atoms with E-state index in [4.69, 9.17) is 9.47 Å². The molecule has 1 aliphatic heterocycles.